The molecule has 1 amide bonds. The molecule has 1 aromatic heterocycles. The van der Waals surface area contributed by atoms with E-state index in [4.69, 9.17) is 9.52 Å². The van der Waals surface area contributed by atoms with Crippen LogP contribution in [0.15, 0.2) is 34.3 Å². The molecule has 2 N–H and O–H groups in total. The third-order valence-corrected chi connectivity index (χ3v) is 2.49. The summed E-state index contributed by atoms with van der Waals surface area (Å²) in [5.41, 5.74) is 0. The van der Waals surface area contributed by atoms with Crippen molar-refractivity contribution in [2.75, 3.05) is 12.3 Å². The summed E-state index contributed by atoms with van der Waals surface area (Å²) in [4.78, 5) is 21.7. The van der Waals surface area contributed by atoms with Gasteiger partial charge < -0.3 is 14.8 Å². The highest BCUT2D eigenvalue weighted by molar-refractivity contribution is 7.99. The molecule has 0 saturated heterocycles. The summed E-state index contributed by atoms with van der Waals surface area (Å²) in [5.74, 6) is -1.23. The van der Waals surface area contributed by atoms with Gasteiger partial charge in [-0.05, 0) is 12.1 Å². The Morgan fingerprint density at radius 3 is 2.88 bits per heavy atom. The lowest BCUT2D eigenvalue weighted by molar-refractivity contribution is -0.118. The van der Waals surface area contributed by atoms with Gasteiger partial charge in [-0.2, -0.15) is 0 Å². The van der Waals surface area contributed by atoms with Gasteiger partial charge in [-0.1, -0.05) is 17.8 Å². The van der Waals surface area contributed by atoms with Crippen LogP contribution in [-0.4, -0.2) is 29.3 Å². The quantitative estimate of drug-likeness (QED) is 0.581. The minimum atomic E-state index is -1.12. The Morgan fingerprint density at radius 2 is 2.31 bits per heavy atom. The second-order valence-corrected chi connectivity index (χ2v) is 3.78. The number of furan rings is 1. The number of carbonyl (C=O) groups is 2. The molecule has 1 heterocycles. The topological polar surface area (TPSA) is 79.5 Å². The summed E-state index contributed by atoms with van der Waals surface area (Å²) >= 11 is 1.14. The van der Waals surface area contributed by atoms with E-state index in [2.05, 4.69) is 11.9 Å². The number of hydrogen-bond acceptors (Lipinski definition) is 4. The first-order valence-corrected chi connectivity index (χ1v) is 5.45. The third kappa shape index (κ3) is 3.82. The second kappa shape index (κ2) is 6.02. The zero-order valence-electron chi connectivity index (χ0n) is 8.43. The summed E-state index contributed by atoms with van der Waals surface area (Å²) in [7, 11) is 0. The summed E-state index contributed by atoms with van der Waals surface area (Å²) in [6.07, 6.45) is 1.58. The summed E-state index contributed by atoms with van der Waals surface area (Å²) in [5, 5.41) is 11.6. The minimum Gasteiger partial charge on any atom is -0.475 e. The molecule has 5 nitrogen and oxygen atoms in total. The first-order chi connectivity index (χ1) is 7.63. The van der Waals surface area contributed by atoms with Crippen molar-refractivity contribution in [2.45, 2.75) is 5.09 Å². The van der Waals surface area contributed by atoms with Crippen LogP contribution in [0.5, 0.6) is 0 Å². The van der Waals surface area contributed by atoms with E-state index in [1.165, 1.54) is 12.1 Å². The molecule has 0 aromatic carbocycles. The molecule has 0 atom stereocenters. The fourth-order valence-corrected chi connectivity index (χ4v) is 1.57. The van der Waals surface area contributed by atoms with Crippen LogP contribution in [0.2, 0.25) is 0 Å². The van der Waals surface area contributed by atoms with E-state index in [1.54, 1.807) is 6.08 Å². The molecule has 16 heavy (non-hydrogen) atoms. The number of thioether (sulfide) groups is 1. The molecule has 0 unspecified atom stereocenters. The van der Waals surface area contributed by atoms with Crippen LogP contribution in [0.4, 0.5) is 0 Å². The number of carboxylic acid groups (broad SMARTS) is 1. The predicted octanol–water partition coefficient (Wildman–Crippen LogP) is 1.37. The first-order valence-electron chi connectivity index (χ1n) is 4.47. The summed E-state index contributed by atoms with van der Waals surface area (Å²) in [6.45, 7) is 3.88. The van der Waals surface area contributed by atoms with Crippen molar-refractivity contribution < 1.29 is 19.1 Å². The van der Waals surface area contributed by atoms with E-state index < -0.39 is 5.97 Å². The molecule has 0 saturated carbocycles. The Kier molecular flexibility index (Phi) is 4.65. The number of rotatable bonds is 6. The van der Waals surface area contributed by atoms with Crippen LogP contribution in [0, 0.1) is 0 Å². The highest BCUT2D eigenvalue weighted by atomic mass is 32.2. The molecule has 1 rings (SSSR count). The lowest BCUT2D eigenvalue weighted by atomic mass is 10.5. The molecule has 86 valence electrons. The molecule has 0 aliphatic rings. The number of carboxylic acids is 1. The van der Waals surface area contributed by atoms with Gasteiger partial charge in [-0.15, -0.1) is 6.58 Å². The predicted molar refractivity (Wildman–Crippen MR) is 59.6 cm³/mol. The lowest BCUT2D eigenvalue weighted by Crippen LogP contribution is -2.24. The molecule has 0 radical (unpaired) electrons. The van der Waals surface area contributed by atoms with Crippen molar-refractivity contribution in [1.29, 1.82) is 0 Å². The maximum Gasteiger partial charge on any atom is 0.371 e. The van der Waals surface area contributed by atoms with E-state index in [9.17, 15) is 9.59 Å². The van der Waals surface area contributed by atoms with Crippen molar-refractivity contribution in [1.82, 2.24) is 5.32 Å². The number of aromatic carboxylic acids is 1. The number of amides is 1. The average Bonchev–Trinajstić information content (AvgIpc) is 2.72. The number of carbonyl (C=O) groups excluding carboxylic acids is 1. The van der Waals surface area contributed by atoms with Crippen molar-refractivity contribution in [3.8, 4) is 0 Å². The van der Waals surface area contributed by atoms with Crippen LogP contribution in [-0.2, 0) is 4.79 Å². The van der Waals surface area contributed by atoms with Crippen LogP contribution >= 0.6 is 11.8 Å². The highest BCUT2D eigenvalue weighted by Crippen LogP contribution is 2.20. The molecule has 0 aliphatic heterocycles. The summed E-state index contributed by atoms with van der Waals surface area (Å²) < 4.78 is 4.96. The van der Waals surface area contributed by atoms with Crippen molar-refractivity contribution in [2.24, 2.45) is 0 Å². The van der Waals surface area contributed by atoms with Gasteiger partial charge >= 0.3 is 5.97 Å². The monoisotopic (exact) mass is 241 g/mol. The van der Waals surface area contributed by atoms with Crippen molar-refractivity contribution in [3.63, 3.8) is 0 Å². The van der Waals surface area contributed by atoms with Gasteiger partial charge in [0.1, 0.15) is 0 Å². The number of hydrogen-bond donors (Lipinski definition) is 2. The smallest absolute Gasteiger partial charge is 0.371 e. The lowest BCUT2D eigenvalue weighted by Gasteiger charge is -1.99. The number of nitrogens with one attached hydrogen (secondary N) is 1. The normalized spacial score (nSPS) is 9.75. The Morgan fingerprint density at radius 1 is 1.56 bits per heavy atom. The average molecular weight is 241 g/mol. The molecule has 0 fully saturated rings. The fourth-order valence-electron chi connectivity index (χ4n) is 0.886. The zero-order valence-corrected chi connectivity index (χ0v) is 9.25. The molecule has 0 spiro atoms. The molecule has 0 aliphatic carbocycles. The largest absolute Gasteiger partial charge is 0.475 e. The maximum atomic E-state index is 11.2. The van der Waals surface area contributed by atoms with Gasteiger partial charge in [0.15, 0.2) is 5.09 Å². The van der Waals surface area contributed by atoms with Crippen molar-refractivity contribution in [3.05, 3.63) is 30.5 Å². The standard InChI is InChI=1S/C10H11NO4S/c1-2-5-11-8(12)6-16-9-4-3-7(15-9)10(13)14/h2-4H,1,5-6H2,(H,11,12)(H,13,14). The first kappa shape index (κ1) is 12.4. The van der Waals surface area contributed by atoms with Gasteiger partial charge in [0.05, 0.1) is 5.75 Å². The van der Waals surface area contributed by atoms with Crippen LogP contribution in [0.25, 0.3) is 0 Å². The molecule has 1 aromatic rings. The highest BCUT2D eigenvalue weighted by Gasteiger charge is 2.10. The van der Waals surface area contributed by atoms with Crippen LogP contribution < -0.4 is 5.32 Å². The molecular formula is C10H11NO4S. The zero-order chi connectivity index (χ0) is 12.0. The van der Waals surface area contributed by atoms with Gasteiger partial charge in [0.2, 0.25) is 11.7 Å². The van der Waals surface area contributed by atoms with Crippen LogP contribution in [0.1, 0.15) is 10.6 Å². The maximum absolute atomic E-state index is 11.2. The Hall–Kier alpha value is -1.69. The molecule has 0 bridgehead atoms. The van der Waals surface area contributed by atoms with E-state index in [0.29, 0.717) is 11.6 Å². The van der Waals surface area contributed by atoms with Crippen molar-refractivity contribution >= 4 is 23.6 Å². The van der Waals surface area contributed by atoms with E-state index in [0.717, 1.165) is 11.8 Å². The van der Waals surface area contributed by atoms with Crippen LogP contribution in [0.3, 0.4) is 0 Å². The van der Waals surface area contributed by atoms with Gasteiger partial charge in [0, 0.05) is 6.54 Å². The fraction of sp³-hybridized carbons (Fsp3) is 0.200. The Balaban J connectivity index is 2.39. The molecular weight excluding hydrogens is 230 g/mol. The Bertz CT molecular complexity index is 399. The molecule has 6 heteroatoms. The summed E-state index contributed by atoms with van der Waals surface area (Å²) in [6, 6.07) is 2.88. The third-order valence-electron chi connectivity index (χ3n) is 1.58. The van der Waals surface area contributed by atoms with Gasteiger partial charge in [-0.25, -0.2) is 4.79 Å². The van der Waals surface area contributed by atoms with E-state index in [-0.39, 0.29) is 17.4 Å². The van der Waals surface area contributed by atoms with E-state index >= 15 is 0 Å². The SMILES string of the molecule is C=CCNC(=O)CSc1ccc(C(=O)O)o1. The second-order valence-electron chi connectivity index (χ2n) is 2.81. The Labute approximate surface area is 96.5 Å². The van der Waals surface area contributed by atoms with Gasteiger partial charge in [-0.3, -0.25) is 4.79 Å². The van der Waals surface area contributed by atoms with Gasteiger partial charge in [0.25, 0.3) is 0 Å². The van der Waals surface area contributed by atoms with E-state index in [1.807, 2.05) is 0 Å². The minimum absolute atomic E-state index is 0.131.